The number of rotatable bonds is 5. The highest BCUT2D eigenvalue weighted by Gasteiger charge is 2.15. The Hall–Kier alpha value is -2.40. The van der Waals surface area contributed by atoms with Crippen molar-refractivity contribution in [3.05, 3.63) is 47.0 Å². The van der Waals surface area contributed by atoms with Crippen LogP contribution < -0.4 is 19.5 Å². The fourth-order valence-electron chi connectivity index (χ4n) is 2.53. The van der Waals surface area contributed by atoms with E-state index >= 15 is 0 Å². The third-order valence-electron chi connectivity index (χ3n) is 3.71. The number of carbonyl (C=O) groups excluding carboxylic acids is 1. The minimum atomic E-state index is -0.152. The number of nitrogens with one attached hydrogen (secondary N) is 1. The molecule has 132 valence electrons. The third-order valence-corrected chi connectivity index (χ3v) is 4.02. The highest BCUT2D eigenvalue weighted by Crippen LogP contribution is 2.37. The normalized spacial score (nSPS) is 13.0. The van der Waals surface area contributed by atoms with Crippen LogP contribution in [0.5, 0.6) is 17.2 Å². The number of fused-ring (bicyclic) bond motifs is 1. The first-order valence-corrected chi connectivity index (χ1v) is 8.64. The average Bonchev–Trinajstić information content (AvgIpc) is 2.82. The van der Waals surface area contributed by atoms with Gasteiger partial charge in [0.25, 0.3) is 0 Å². The van der Waals surface area contributed by atoms with Gasteiger partial charge in [0.05, 0.1) is 37.0 Å². The molecule has 0 unspecified atom stereocenters. The Bertz CT molecular complexity index is 746. The quantitative estimate of drug-likeness (QED) is 0.871. The van der Waals surface area contributed by atoms with E-state index in [2.05, 4.69) is 5.32 Å². The van der Waals surface area contributed by atoms with Gasteiger partial charge in [-0.05, 0) is 24.6 Å². The molecule has 1 aliphatic heterocycles. The topological polar surface area (TPSA) is 56.8 Å². The first-order chi connectivity index (χ1) is 12.2. The molecule has 0 radical (unpaired) electrons. The first kappa shape index (κ1) is 17.4. The van der Waals surface area contributed by atoms with Crippen LogP contribution in [0.1, 0.15) is 18.9 Å². The summed E-state index contributed by atoms with van der Waals surface area (Å²) in [6.45, 7) is 3.71. The van der Waals surface area contributed by atoms with Crippen molar-refractivity contribution in [1.82, 2.24) is 0 Å². The van der Waals surface area contributed by atoms with Gasteiger partial charge in [-0.1, -0.05) is 23.7 Å². The largest absolute Gasteiger partial charge is 0.494 e. The number of anilines is 1. The number of hydrogen-bond donors (Lipinski definition) is 1. The zero-order valence-electron chi connectivity index (χ0n) is 14.0. The molecule has 2 aromatic carbocycles. The van der Waals surface area contributed by atoms with Crippen LogP contribution in [0, 0.1) is 0 Å². The molecule has 1 heterocycles. The molecule has 0 fully saturated rings. The van der Waals surface area contributed by atoms with Gasteiger partial charge in [-0.3, -0.25) is 4.79 Å². The Morgan fingerprint density at radius 1 is 1.16 bits per heavy atom. The van der Waals surface area contributed by atoms with E-state index < -0.39 is 0 Å². The molecular weight excluding hydrogens is 342 g/mol. The van der Waals surface area contributed by atoms with Crippen LogP contribution in [0.3, 0.4) is 0 Å². The van der Waals surface area contributed by atoms with Gasteiger partial charge in [0.1, 0.15) is 5.75 Å². The van der Waals surface area contributed by atoms with Crippen molar-refractivity contribution in [2.24, 2.45) is 0 Å². The highest BCUT2D eigenvalue weighted by atomic mass is 35.5. The minimum Gasteiger partial charge on any atom is -0.494 e. The summed E-state index contributed by atoms with van der Waals surface area (Å²) in [4.78, 5) is 12.3. The molecule has 25 heavy (non-hydrogen) atoms. The zero-order chi connectivity index (χ0) is 17.6. The van der Waals surface area contributed by atoms with Crippen molar-refractivity contribution in [3.8, 4) is 17.2 Å². The van der Waals surface area contributed by atoms with E-state index in [0.717, 1.165) is 17.7 Å². The average molecular weight is 362 g/mol. The molecule has 1 aliphatic rings. The molecule has 0 aliphatic carbocycles. The second-order valence-corrected chi connectivity index (χ2v) is 6.04. The lowest BCUT2D eigenvalue weighted by Gasteiger charge is -2.12. The molecule has 2 aromatic rings. The van der Waals surface area contributed by atoms with Crippen molar-refractivity contribution in [2.45, 2.75) is 19.8 Å². The molecular formula is C19H20ClNO4. The predicted octanol–water partition coefficient (Wildman–Crippen LogP) is 4.08. The molecule has 0 saturated heterocycles. The van der Waals surface area contributed by atoms with E-state index in [4.69, 9.17) is 25.8 Å². The van der Waals surface area contributed by atoms with E-state index in [1.54, 1.807) is 12.1 Å². The molecule has 5 nitrogen and oxygen atoms in total. The molecule has 0 saturated carbocycles. The van der Waals surface area contributed by atoms with E-state index in [0.29, 0.717) is 42.0 Å². The number of carbonyl (C=O) groups is 1. The van der Waals surface area contributed by atoms with Gasteiger partial charge in [0.2, 0.25) is 5.91 Å². The van der Waals surface area contributed by atoms with Crippen LogP contribution in [0.15, 0.2) is 36.4 Å². The third kappa shape index (κ3) is 4.57. The van der Waals surface area contributed by atoms with Crippen molar-refractivity contribution < 1.29 is 19.0 Å². The van der Waals surface area contributed by atoms with Gasteiger partial charge in [-0.2, -0.15) is 0 Å². The molecule has 1 N–H and O–H groups in total. The maximum atomic E-state index is 12.3. The highest BCUT2D eigenvalue weighted by molar-refractivity contribution is 6.34. The molecule has 0 atom stereocenters. The van der Waals surface area contributed by atoms with Crippen LogP contribution in [-0.2, 0) is 11.2 Å². The summed E-state index contributed by atoms with van der Waals surface area (Å²) in [5.74, 6) is 1.84. The number of halogens is 1. The van der Waals surface area contributed by atoms with Gasteiger partial charge in [0, 0.05) is 18.6 Å². The fraction of sp³-hybridized carbons (Fsp3) is 0.316. The van der Waals surface area contributed by atoms with E-state index in [9.17, 15) is 4.79 Å². The molecule has 1 amide bonds. The van der Waals surface area contributed by atoms with Crippen molar-refractivity contribution in [1.29, 1.82) is 0 Å². The van der Waals surface area contributed by atoms with Crippen LogP contribution >= 0.6 is 11.6 Å². The van der Waals surface area contributed by atoms with Crippen LogP contribution in [0.4, 0.5) is 5.69 Å². The standard InChI is InChI=1S/C19H20ClNO4/c1-2-23-14-6-4-13(5-7-14)10-19(22)21-16-12-18-17(11-15(16)20)24-8-3-9-25-18/h4-7,11-12H,2-3,8-10H2,1H3,(H,21,22). The summed E-state index contributed by atoms with van der Waals surface area (Å²) < 4.78 is 16.6. The first-order valence-electron chi connectivity index (χ1n) is 8.26. The summed E-state index contributed by atoms with van der Waals surface area (Å²) >= 11 is 6.25. The fourth-order valence-corrected chi connectivity index (χ4v) is 2.73. The summed E-state index contributed by atoms with van der Waals surface area (Å²) in [5.41, 5.74) is 1.41. The Labute approximate surface area is 151 Å². The van der Waals surface area contributed by atoms with E-state index in [1.165, 1.54) is 0 Å². The molecule has 0 aromatic heterocycles. The molecule has 3 rings (SSSR count). The number of hydrogen-bond acceptors (Lipinski definition) is 4. The molecule has 6 heteroatoms. The SMILES string of the molecule is CCOc1ccc(CC(=O)Nc2cc3c(cc2Cl)OCCCO3)cc1. The summed E-state index contributed by atoms with van der Waals surface area (Å²) in [6, 6.07) is 10.8. The second kappa shape index (κ2) is 8.12. The van der Waals surface area contributed by atoms with Crippen molar-refractivity contribution in [3.63, 3.8) is 0 Å². The van der Waals surface area contributed by atoms with Crippen molar-refractivity contribution in [2.75, 3.05) is 25.1 Å². The zero-order valence-corrected chi connectivity index (χ0v) is 14.8. The van der Waals surface area contributed by atoms with E-state index in [-0.39, 0.29) is 12.3 Å². The summed E-state index contributed by atoms with van der Waals surface area (Å²) in [5, 5.41) is 3.25. The van der Waals surface area contributed by atoms with Crippen LogP contribution in [0.2, 0.25) is 5.02 Å². The van der Waals surface area contributed by atoms with E-state index in [1.807, 2.05) is 31.2 Å². The lowest BCUT2D eigenvalue weighted by molar-refractivity contribution is -0.115. The Kier molecular flexibility index (Phi) is 5.66. The Morgan fingerprint density at radius 2 is 1.84 bits per heavy atom. The van der Waals surface area contributed by atoms with Gasteiger partial charge in [-0.25, -0.2) is 0 Å². The van der Waals surface area contributed by atoms with Crippen molar-refractivity contribution >= 4 is 23.2 Å². The van der Waals surface area contributed by atoms with Gasteiger partial charge < -0.3 is 19.5 Å². The number of ether oxygens (including phenoxy) is 3. The predicted molar refractivity (Wildman–Crippen MR) is 97.0 cm³/mol. The number of amides is 1. The lowest BCUT2D eigenvalue weighted by atomic mass is 10.1. The second-order valence-electron chi connectivity index (χ2n) is 5.63. The Balaban J connectivity index is 1.67. The van der Waals surface area contributed by atoms with Gasteiger partial charge in [0.15, 0.2) is 11.5 Å². The van der Waals surface area contributed by atoms with Gasteiger partial charge >= 0.3 is 0 Å². The monoisotopic (exact) mass is 361 g/mol. The maximum absolute atomic E-state index is 12.3. The maximum Gasteiger partial charge on any atom is 0.228 e. The Morgan fingerprint density at radius 3 is 2.52 bits per heavy atom. The van der Waals surface area contributed by atoms with Crippen LogP contribution in [-0.4, -0.2) is 25.7 Å². The number of benzene rings is 2. The van der Waals surface area contributed by atoms with Gasteiger partial charge in [-0.15, -0.1) is 0 Å². The molecule has 0 bridgehead atoms. The van der Waals surface area contributed by atoms with Crippen LogP contribution in [0.25, 0.3) is 0 Å². The smallest absolute Gasteiger partial charge is 0.228 e. The molecule has 0 spiro atoms. The summed E-state index contributed by atoms with van der Waals surface area (Å²) in [7, 11) is 0. The summed E-state index contributed by atoms with van der Waals surface area (Å²) in [6.07, 6.45) is 1.06. The minimum absolute atomic E-state index is 0.152. The lowest BCUT2D eigenvalue weighted by Crippen LogP contribution is -2.14.